The number of nitrogens with one attached hydrogen (secondary N) is 1. The second kappa shape index (κ2) is 4.23. The topological polar surface area (TPSA) is 32.3 Å². The molecular formula is C13H14N2O. The Hall–Kier alpha value is -2.03. The highest BCUT2D eigenvalue weighted by Gasteiger charge is 2.18. The summed E-state index contributed by atoms with van der Waals surface area (Å²) in [5.74, 6) is -0.0486. The van der Waals surface area contributed by atoms with Gasteiger partial charge in [0, 0.05) is 26.0 Å². The number of benzene rings is 1. The average Bonchev–Trinajstić information content (AvgIpc) is 2.61. The zero-order chi connectivity index (χ0) is 11.5. The highest BCUT2D eigenvalue weighted by Crippen LogP contribution is 2.19. The van der Waals surface area contributed by atoms with Crippen molar-refractivity contribution >= 4 is 11.6 Å². The fourth-order valence-corrected chi connectivity index (χ4v) is 1.60. The Bertz CT molecular complexity index is 458. The zero-order valence-corrected chi connectivity index (χ0v) is 9.40. The first-order chi connectivity index (χ1) is 7.66. The molecule has 16 heavy (non-hydrogen) atoms. The normalized spacial score (nSPS) is 17.2. The van der Waals surface area contributed by atoms with Gasteiger partial charge in [-0.25, -0.2) is 0 Å². The molecule has 0 radical (unpaired) electrons. The van der Waals surface area contributed by atoms with Crippen molar-refractivity contribution < 1.29 is 4.79 Å². The maximum absolute atomic E-state index is 11.6. The summed E-state index contributed by atoms with van der Waals surface area (Å²) < 4.78 is 0. The standard InChI is InChI=1S/C13H14N2O/c1-15(2)9-11-8-12(14-13(11)16)10-6-4-3-5-7-10/h3-9H,1-2H3,(H,14,16). The second-order valence-corrected chi connectivity index (χ2v) is 3.93. The van der Waals surface area contributed by atoms with E-state index in [2.05, 4.69) is 5.32 Å². The van der Waals surface area contributed by atoms with Crippen LogP contribution in [0, 0.1) is 0 Å². The van der Waals surface area contributed by atoms with Crippen LogP contribution in [0.15, 0.2) is 48.2 Å². The van der Waals surface area contributed by atoms with Gasteiger partial charge in [-0.15, -0.1) is 0 Å². The number of carbonyl (C=O) groups excluding carboxylic acids is 1. The van der Waals surface area contributed by atoms with Crippen molar-refractivity contribution in [3.63, 3.8) is 0 Å². The predicted octanol–water partition coefficient (Wildman–Crippen LogP) is 1.60. The third-order valence-corrected chi connectivity index (χ3v) is 2.29. The van der Waals surface area contributed by atoms with Gasteiger partial charge >= 0.3 is 0 Å². The number of amides is 1. The van der Waals surface area contributed by atoms with Gasteiger partial charge in [-0.2, -0.15) is 0 Å². The molecular weight excluding hydrogens is 200 g/mol. The van der Waals surface area contributed by atoms with Crippen LogP contribution in [-0.4, -0.2) is 24.9 Å². The van der Waals surface area contributed by atoms with Gasteiger partial charge in [-0.1, -0.05) is 30.3 Å². The Balaban J connectivity index is 2.30. The molecule has 0 bridgehead atoms. The molecule has 0 fully saturated rings. The maximum atomic E-state index is 11.6. The molecule has 0 spiro atoms. The molecule has 3 heteroatoms. The molecule has 1 aromatic carbocycles. The summed E-state index contributed by atoms with van der Waals surface area (Å²) in [5.41, 5.74) is 2.57. The summed E-state index contributed by atoms with van der Waals surface area (Å²) in [6.07, 6.45) is 3.68. The van der Waals surface area contributed by atoms with Crippen molar-refractivity contribution in [3.8, 4) is 0 Å². The molecule has 82 valence electrons. The lowest BCUT2D eigenvalue weighted by atomic mass is 10.1. The number of hydrogen-bond donors (Lipinski definition) is 1. The summed E-state index contributed by atoms with van der Waals surface area (Å²) in [4.78, 5) is 13.5. The Kier molecular flexibility index (Phi) is 2.77. The first-order valence-corrected chi connectivity index (χ1v) is 5.13. The minimum Gasteiger partial charge on any atom is -0.383 e. The van der Waals surface area contributed by atoms with E-state index >= 15 is 0 Å². The molecule has 3 nitrogen and oxygen atoms in total. The summed E-state index contributed by atoms with van der Waals surface area (Å²) in [7, 11) is 3.79. The first-order valence-electron chi connectivity index (χ1n) is 5.13. The van der Waals surface area contributed by atoms with Gasteiger partial charge in [0.25, 0.3) is 5.91 Å². The molecule has 1 aliphatic heterocycles. The van der Waals surface area contributed by atoms with E-state index in [1.807, 2.05) is 61.6 Å². The minimum atomic E-state index is -0.0486. The monoisotopic (exact) mass is 214 g/mol. The molecule has 0 unspecified atom stereocenters. The van der Waals surface area contributed by atoms with Crippen molar-refractivity contribution in [1.82, 2.24) is 10.2 Å². The smallest absolute Gasteiger partial charge is 0.257 e. The second-order valence-electron chi connectivity index (χ2n) is 3.93. The van der Waals surface area contributed by atoms with E-state index in [-0.39, 0.29) is 5.91 Å². The minimum absolute atomic E-state index is 0.0486. The molecule has 1 amide bonds. The van der Waals surface area contributed by atoms with Gasteiger partial charge in [0.05, 0.1) is 5.57 Å². The van der Waals surface area contributed by atoms with E-state index in [1.54, 1.807) is 0 Å². The van der Waals surface area contributed by atoms with E-state index in [0.29, 0.717) is 5.57 Å². The fourth-order valence-electron chi connectivity index (χ4n) is 1.60. The fraction of sp³-hybridized carbons (Fsp3) is 0.154. The number of nitrogens with zero attached hydrogens (tertiary/aromatic N) is 1. The highest BCUT2D eigenvalue weighted by atomic mass is 16.1. The summed E-state index contributed by atoms with van der Waals surface area (Å²) in [5, 5.41) is 2.85. The Morgan fingerprint density at radius 3 is 2.50 bits per heavy atom. The van der Waals surface area contributed by atoms with E-state index < -0.39 is 0 Å². The lowest BCUT2D eigenvalue weighted by Gasteiger charge is -2.04. The van der Waals surface area contributed by atoms with Crippen LogP contribution in [0.1, 0.15) is 5.56 Å². The van der Waals surface area contributed by atoms with E-state index in [9.17, 15) is 4.79 Å². The quantitative estimate of drug-likeness (QED) is 0.758. The van der Waals surface area contributed by atoms with Crippen LogP contribution >= 0.6 is 0 Å². The molecule has 1 heterocycles. The predicted molar refractivity (Wildman–Crippen MR) is 64.3 cm³/mol. The average molecular weight is 214 g/mol. The van der Waals surface area contributed by atoms with Crippen LogP contribution < -0.4 is 5.32 Å². The molecule has 1 aromatic rings. The third kappa shape index (κ3) is 2.14. The molecule has 0 saturated heterocycles. The van der Waals surface area contributed by atoms with Crippen LogP contribution in [0.25, 0.3) is 5.70 Å². The number of hydrogen-bond acceptors (Lipinski definition) is 2. The van der Waals surface area contributed by atoms with E-state index in [1.165, 1.54) is 0 Å². The Morgan fingerprint density at radius 1 is 1.19 bits per heavy atom. The maximum Gasteiger partial charge on any atom is 0.257 e. The van der Waals surface area contributed by atoms with Crippen LogP contribution in [0.5, 0.6) is 0 Å². The summed E-state index contributed by atoms with van der Waals surface area (Å²) in [6.45, 7) is 0. The van der Waals surface area contributed by atoms with Crippen molar-refractivity contribution in [1.29, 1.82) is 0 Å². The van der Waals surface area contributed by atoms with Crippen LogP contribution in [0.3, 0.4) is 0 Å². The summed E-state index contributed by atoms with van der Waals surface area (Å²) in [6, 6.07) is 9.82. The molecule has 0 aromatic heterocycles. The SMILES string of the molecule is CN(C)C=C1C=C(c2ccccc2)NC1=O. The molecule has 2 rings (SSSR count). The third-order valence-electron chi connectivity index (χ3n) is 2.29. The van der Waals surface area contributed by atoms with Gasteiger partial charge in [0.1, 0.15) is 0 Å². The molecule has 1 aliphatic rings. The molecule has 0 aliphatic carbocycles. The van der Waals surface area contributed by atoms with Gasteiger partial charge in [-0.05, 0) is 11.6 Å². The van der Waals surface area contributed by atoms with Gasteiger partial charge in [0.15, 0.2) is 0 Å². The molecule has 0 atom stereocenters. The largest absolute Gasteiger partial charge is 0.383 e. The van der Waals surface area contributed by atoms with E-state index in [0.717, 1.165) is 11.3 Å². The van der Waals surface area contributed by atoms with Crippen LogP contribution in [0.2, 0.25) is 0 Å². The zero-order valence-electron chi connectivity index (χ0n) is 9.40. The summed E-state index contributed by atoms with van der Waals surface area (Å²) >= 11 is 0. The van der Waals surface area contributed by atoms with Gasteiger partial charge < -0.3 is 10.2 Å². The Labute approximate surface area is 95.1 Å². The van der Waals surface area contributed by atoms with Gasteiger partial charge in [-0.3, -0.25) is 4.79 Å². The Morgan fingerprint density at radius 2 is 1.88 bits per heavy atom. The van der Waals surface area contributed by atoms with Crippen molar-refractivity contribution in [3.05, 3.63) is 53.7 Å². The number of carbonyl (C=O) groups is 1. The first kappa shape index (κ1) is 10.5. The van der Waals surface area contributed by atoms with Gasteiger partial charge in [0.2, 0.25) is 0 Å². The lowest BCUT2D eigenvalue weighted by Crippen LogP contribution is -2.17. The van der Waals surface area contributed by atoms with Crippen LogP contribution in [0.4, 0.5) is 0 Å². The van der Waals surface area contributed by atoms with Crippen molar-refractivity contribution in [2.24, 2.45) is 0 Å². The van der Waals surface area contributed by atoms with Crippen molar-refractivity contribution in [2.75, 3.05) is 14.1 Å². The van der Waals surface area contributed by atoms with E-state index in [4.69, 9.17) is 0 Å². The molecule has 0 saturated carbocycles. The molecule has 1 N–H and O–H groups in total. The highest BCUT2D eigenvalue weighted by molar-refractivity contribution is 6.07. The number of rotatable bonds is 2. The van der Waals surface area contributed by atoms with Crippen LogP contribution in [-0.2, 0) is 4.79 Å². The lowest BCUT2D eigenvalue weighted by molar-refractivity contribution is -0.115. The van der Waals surface area contributed by atoms with Crippen molar-refractivity contribution in [2.45, 2.75) is 0 Å².